The molecule has 1 heterocycles. The lowest BCUT2D eigenvalue weighted by Gasteiger charge is -2.12. The lowest BCUT2D eigenvalue weighted by molar-refractivity contribution is 1.15. The summed E-state index contributed by atoms with van der Waals surface area (Å²) < 4.78 is 0. The van der Waals surface area contributed by atoms with Crippen molar-refractivity contribution < 1.29 is 0 Å². The highest BCUT2D eigenvalue weighted by molar-refractivity contribution is 6.36. The molecule has 2 rings (SSSR count). The fourth-order valence-corrected chi connectivity index (χ4v) is 2.34. The van der Waals surface area contributed by atoms with Gasteiger partial charge in [0.15, 0.2) is 0 Å². The monoisotopic (exact) mass is 278 g/mol. The number of benzene rings is 1. The highest BCUT2D eigenvalue weighted by atomic mass is 35.5. The Morgan fingerprint density at radius 2 is 1.50 bits per heavy atom. The first-order valence-corrected chi connectivity index (χ1v) is 6.26. The van der Waals surface area contributed by atoms with Gasteiger partial charge in [-0.3, -0.25) is 0 Å². The van der Waals surface area contributed by atoms with E-state index in [0.29, 0.717) is 15.9 Å². The van der Waals surface area contributed by atoms with Crippen molar-refractivity contribution in [2.24, 2.45) is 0 Å². The van der Waals surface area contributed by atoms with Crippen molar-refractivity contribution in [3.63, 3.8) is 0 Å². The summed E-state index contributed by atoms with van der Waals surface area (Å²) in [4.78, 5) is 8.01. The van der Waals surface area contributed by atoms with Gasteiger partial charge in [-0.15, -0.1) is 0 Å². The van der Waals surface area contributed by atoms with Gasteiger partial charge in [0.05, 0.1) is 5.56 Å². The Morgan fingerprint density at radius 1 is 0.944 bits per heavy atom. The van der Waals surface area contributed by atoms with Crippen LogP contribution in [-0.4, -0.2) is 9.97 Å². The molecule has 0 bridgehead atoms. The van der Waals surface area contributed by atoms with Crippen LogP contribution in [0.2, 0.25) is 10.3 Å². The summed E-state index contributed by atoms with van der Waals surface area (Å²) in [6, 6.07) is 9.95. The molecule has 2 nitrogen and oxygen atoms in total. The van der Waals surface area contributed by atoms with Crippen LogP contribution in [0.5, 0.6) is 0 Å². The third-order valence-corrected chi connectivity index (χ3v) is 3.14. The predicted molar refractivity (Wildman–Crippen MR) is 75.9 cm³/mol. The van der Waals surface area contributed by atoms with Gasteiger partial charge in [0, 0.05) is 0 Å². The molecule has 0 aliphatic rings. The second kappa shape index (κ2) is 5.51. The van der Waals surface area contributed by atoms with Crippen LogP contribution >= 0.6 is 23.2 Å². The molecule has 0 saturated carbocycles. The fourth-order valence-electron chi connectivity index (χ4n) is 1.84. The number of aromatic nitrogens is 2. The minimum Gasteiger partial charge on any atom is -0.224 e. The Labute approximate surface area is 116 Å². The van der Waals surface area contributed by atoms with Crippen molar-refractivity contribution in [1.82, 2.24) is 9.97 Å². The zero-order chi connectivity index (χ0) is 13.1. The van der Waals surface area contributed by atoms with Crippen molar-refractivity contribution in [2.45, 2.75) is 13.8 Å². The van der Waals surface area contributed by atoms with Crippen LogP contribution in [0.3, 0.4) is 0 Å². The fraction of sp³-hybridized carbons (Fsp3) is 0.143. The van der Waals surface area contributed by atoms with Crippen molar-refractivity contribution in [3.05, 3.63) is 63.7 Å². The van der Waals surface area contributed by atoms with Gasteiger partial charge in [0.2, 0.25) is 0 Å². The van der Waals surface area contributed by atoms with E-state index in [-0.39, 0.29) is 0 Å². The van der Waals surface area contributed by atoms with Crippen molar-refractivity contribution in [2.75, 3.05) is 0 Å². The first-order valence-electron chi connectivity index (χ1n) is 5.50. The minimum atomic E-state index is 0.370. The van der Waals surface area contributed by atoms with Gasteiger partial charge in [-0.25, -0.2) is 9.97 Å². The average molecular weight is 279 g/mol. The molecule has 18 heavy (non-hydrogen) atoms. The lowest BCUT2D eigenvalue weighted by Crippen LogP contribution is -1.96. The molecule has 0 spiro atoms. The predicted octanol–water partition coefficient (Wildman–Crippen LogP) is 4.63. The topological polar surface area (TPSA) is 25.8 Å². The van der Waals surface area contributed by atoms with Crippen LogP contribution in [0.25, 0.3) is 5.57 Å². The number of allylic oxidation sites excluding steroid dienone is 1. The van der Waals surface area contributed by atoms with Gasteiger partial charge >= 0.3 is 0 Å². The Kier molecular flexibility index (Phi) is 4.00. The molecular formula is C14H12Cl2N2. The zero-order valence-electron chi connectivity index (χ0n) is 10.1. The molecule has 0 radical (unpaired) electrons. The van der Waals surface area contributed by atoms with Gasteiger partial charge in [-0.2, -0.15) is 0 Å². The molecule has 0 fully saturated rings. The zero-order valence-corrected chi connectivity index (χ0v) is 11.6. The van der Waals surface area contributed by atoms with Crippen LogP contribution in [0, 0.1) is 0 Å². The molecule has 0 aliphatic carbocycles. The smallest absolute Gasteiger partial charge is 0.141 e. The number of hydrogen-bond acceptors (Lipinski definition) is 2. The quantitative estimate of drug-likeness (QED) is 0.749. The molecule has 2 aromatic rings. The van der Waals surface area contributed by atoms with Crippen molar-refractivity contribution in [3.8, 4) is 0 Å². The van der Waals surface area contributed by atoms with Gasteiger partial charge < -0.3 is 0 Å². The van der Waals surface area contributed by atoms with E-state index in [9.17, 15) is 0 Å². The highest BCUT2D eigenvalue weighted by Crippen LogP contribution is 2.34. The Morgan fingerprint density at radius 3 is 2.00 bits per heavy atom. The maximum absolute atomic E-state index is 6.15. The Bertz CT molecular complexity index is 568. The molecule has 0 amide bonds. The number of rotatable bonds is 2. The molecule has 0 saturated heterocycles. The molecule has 4 heteroatoms. The average Bonchev–Trinajstić information content (AvgIpc) is 2.34. The number of halogens is 2. The standard InChI is InChI=1S/C14H12Cl2N2/c1-9(2)11(10-6-4-3-5-7-10)12-13(15)17-8-18-14(12)16/h3-8H,1-2H3. The summed E-state index contributed by atoms with van der Waals surface area (Å²) in [5.41, 5.74) is 3.83. The van der Waals surface area contributed by atoms with E-state index >= 15 is 0 Å². The summed E-state index contributed by atoms with van der Waals surface area (Å²) in [7, 11) is 0. The molecule has 1 aromatic carbocycles. The first kappa shape index (κ1) is 13.1. The SMILES string of the molecule is CC(C)=C(c1ccccc1)c1c(Cl)ncnc1Cl. The normalized spacial score (nSPS) is 10.2. The Hall–Kier alpha value is -1.38. The van der Waals surface area contributed by atoms with E-state index in [0.717, 1.165) is 16.7 Å². The molecule has 0 unspecified atom stereocenters. The molecule has 92 valence electrons. The summed E-state index contributed by atoms with van der Waals surface area (Å²) in [6.07, 6.45) is 1.36. The summed E-state index contributed by atoms with van der Waals surface area (Å²) in [5.74, 6) is 0. The van der Waals surface area contributed by atoms with Crippen LogP contribution < -0.4 is 0 Å². The minimum absolute atomic E-state index is 0.370. The van der Waals surface area contributed by atoms with Gasteiger partial charge in [-0.1, -0.05) is 59.1 Å². The van der Waals surface area contributed by atoms with Gasteiger partial charge in [0.25, 0.3) is 0 Å². The highest BCUT2D eigenvalue weighted by Gasteiger charge is 2.16. The maximum Gasteiger partial charge on any atom is 0.141 e. The second-order valence-corrected chi connectivity index (χ2v) is 4.79. The third kappa shape index (κ3) is 2.55. The summed E-state index contributed by atoms with van der Waals surface area (Å²) in [5, 5.41) is 0.741. The van der Waals surface area contributed by atoms with E-state index in [1.54, 1.807) is 0 Å². The van der Waals surface area contributed by atoms with E-state index in [4.69, 9.17) is 23.2 Å². The summed E-state index contributed by atoms with van der Waals surface area (Å²) >= 11 is 12.3. The van der Waals surface area contributed by atoms with Crippen molar-refractivity contribution >= 4 is 28.8 Å². The van der Waals surface area contributed by atoms with E-state index in [1.165, 1.54) is 6.33 Å². The molecular weight excluding hydrogens is 267 g/mol. The van der Waals surface area contributed by atoms with Crippen LogP contribution in [0.4, 0.5) is 0 Å². The van der Waals surface area contributed by atoms with E-state index < -0.39 is 0 Å². The summed E-state index contributed by atoms with van der Waals surface area (Å²) in [6.45, 7) is 4.03. The maximum atomic E-state index is 6.15. The number of nitrogens with zero attached hydrogens (tertiary/aromatic N) is 2. The third-order valence-electron chi connectivity index (χ3n) is 2.57. The van der Waals surface area contributed by atoms with Crippen molar-refractivity contribution in [1.29, 1.82) is 0 Å². The first-order chi connectivity index (χ1) is 8.61. The van der Waals surface area contributed by atoms with Crippen LogP contribution in [-0.2, 0) is 0 Å². The van der Waals surface area contributed by atoms with Gasteiger partial charge in [-0.05, 0) is 25.0 Å². The molecule has 0 aliphatic heterocycles. The molecule has 1 aromatic heterocycles. The second-order valence-electron chi connectivity index (χ2n) is 4.07. The molecule has 0 N–H and O–H groups in total. The lowest BCUT2D eigenvalue weighted by atomic mass is 9.96. The van der Waals surface area contributed by atoms with Crippen LogP contribution in [0.1, 0.15) is 25.0 Å². The van der Waals surface area contributed by atoms with E-state index in [1.807, 2.05) is 44.2 Å². The van der Waals surface area contributed by atoms with Crippen LogP contribution in [0.15, 0.2) is 42.2 Å². The van der Waals surface area contributed by atoms with Gasteiger partial charge in [0.1, 0.15) is 16.6 Å². The number of hydrogen-bond donors (Lipinski definition) is 0. The largest absolute Gasteiger partial charge is 0.224 e. The Balaban J connectivity index is 2.69. The molecule has 0 atom stereocenters. The van der Waals surface area contributed by atoms with E-state index in [2.05, 4.69) is 9.97 Å².